The zero-order valence-corrected chi connectivity index (χ0v) is 15.4. The Labute approximate surface area is 158 Å². The monoisotopic (exact) mass is 387 g/mol. The van der Waals surface area contributed by atoms with Gasteiger partial charge in [-0.1, -0.05) is 25.4 Å². The highest BCUT2D eigenvalue weighted by Gasteiger charge is 2.17. The first-order chi connectivity index (χ1) is 12.8. The highest BCUT2D eigenvalue weighted by Crippen LogP contribution is 2.27. The fraction of sp³-hybridized carbons (Fsp3) is 0.200. The molecule has 0 atom stereocenters. The number of rotatable bonds is 3. The van der Waals surface area contributed by atoms with Crippen molar-refractivity contribution in [1.29, 1.82) is 0 Å². The van der Waals surface area contributed by atoms with Crippen LogP contribution >= 0.6 is 11.6 Å². The Morgan fingerprint density at radius 1 is 1.19 bits per heavy atom. The number of pyridine rings is 1. The van der Waals surface area contributed by atoms with Crippen LogP contribution in [0.3, 0.4) is 0 Å². The minimum atomic E-state index is -1.06. The largest absolute Gasteiger partial charge is 0.323 e. The van der Waals surface area contributed by atoms with Crippen LogP contribution in [0, 0.1) is 11.6 Å². The van der Waals surface area contributed by atoms with Gasteiger partial charge < -0.3 is 9.55 Å². The lowest BCUT2D eigenvalue weighted by Crippen LogP contribution is -2.12. The molecule has 0 aliphatic rings. The van der Waals surface area contributed by atoms with Gasteiger partial charge in [0.2, 0.25) is 5.56 Å². The fourth-order valence-corrected chi connectivity index (χ4v) is 3.52. The lowest BCUT2D eigenvalue weighted by molar-refractivity contribution is 0.515. The number of aromatic nitrogens is 3. The van der Waals surface area contributed by atoms with Crippen LogP contribution in [0.2, 0.25) is 5.02 Å². The minimum Gasteiger partial charge on any atom is -0.323 e. The third-order valence-corrected chi connectivity index (χ3v) is 4.81. The predicted molar refractivity (Wildman–Crippen MR) is 102 cm³/mol. The standard InChI is InChI=1S/C20H16ClF2N3O/c1-10(2)20-24-15-6-3-12(21)8-16(15)26(20)9-11-7-17(27)25-19-13(11)4-5-14(22)18(19)23/h3-8,10H,9H2,1-2H3,(H,25,27). The maximum absolute atomic E-state index is 14.2. The maximum atomic E-state index is 14.2. The molecule has 2 aromatic heterocycles. The number of nitrogens with zero attached hydrogens (tertiary/aromatic N) is 2. The number of aromatic amines is 1. The summed E-state index contributed by atoms with van der Waals surface area (Å²) in [5, 5.41) is 1.02. The maximum Gasteiger partial charge on any atom is 0.248 e. The average molecular weight is 388 g/mol. The van der Waals surface area contributed by atoms with Gasteiger partial charge in [-0.15, -0.1) is 0 Å². The molecule has 0 aliphatic heterocycles. The minimum absolute atomic E-state index is 0.124. The Hall–Kier alpha value is -2.73. The summed E-state index contributed by atoms with van der Waals surface area (Å²) in [6.07, 6.45) is 0. The van der Waals surface area contributed by atoms with Crippen LogP contribution < -0.4 is 5.56 Å². The van der Waals surface area contributed by atoms with Crippen molar-refractivity contribution in [2.45, 2.75) is 26.3 Å². The lowest BCUT2D eigenvalue weighted by atomic mass is 10.1. The molecule has 138 valence electrons. The van der Waals surface area contributed by atoms with Crippen molar-refractivity contribution in [3.8, 4) is 0 Å². The van der Waals surface area contributed by atoms with E-state index in [1.165, 1.54) is 12.1 Å². The van der Waals surface area contributed by atoms with Crippen molar-refractivity contribution < 1.29 is 8.78 Å². The van der Waals surface area contributed by atoms with E-state index >= 15 is 0 Å². The highest BCUT2D eigenvalue weighted by atomic mass is 35.5. The van der Waals surface area contributed by atoms with Crippen molar-refractivity contribution in [3.63, 3.8) is 0 Å². The normalized spacial score (nSPS) is 11.8. The van der Waals surface area contributed by atoms with Gasteiger partial charge in [-0.3, -0.25) is 4.79 Å². The molecule has 27 heavy (non-hydrogen) atoms. The summed E-state index contributed by atoms with van der Waals surface area (Å²) in [5.74, 6) is -1.12. The molecule has 2 heterocycles. The van der Waals surface area contributed by atoms with Gasteiger partial charge in [0.05, 0.1) is 23.1 Å². The topological polar surface area (TPSA) is 50.7 Å². The predicted octanol–water partition coefficient (Wildman–Crippen LogP) is 4.98. The molecule has 0 radical (unpaired) electrons. The molecule has 0 amide bonds. The van der Waals surface area contributed by atoms with E-state index in [-0.39, 0.29) is 18.0 Å². The van der Waals surface area contributed by atoms with Gasteiger partial charge in [-0.25, -0.2) is 13.8 Å². The van der Waals surface area contributed by atoms with E-state index in [2.05, 4.69) is 9.97 Å². The molecule has 0 unspecified atom stereocenters. The highest BCUT2D eigenvalue weighted by molar-refractivity contribution is 6.31. The van der Waals surface area contributed by atoms with Crippen molar-refractivity contribution in [1.82, 2.24) is 14.5 Å². The van der Waals surface area contributed by atoms with Gasteiger partial charge in [0.15, 0.2) is 11.6 Å². The zero-order valence-electron chi connectivity index (χ0n) is 14.7. The molecule has 0 spiro atoms. The van der Waals surface area contributed by atoms with Crippen LogP contribution in [0.1, 0.15) is 31.2 Å². The van der Waals surface area contributed by atoms with E-state index in [4.69, 9.17) is 11.6 Å². The van der Waals surface area contributed by atoms with Crippen LogP contribution in [0.15, 0.2) is 41.2 Å². The number of hydrogen-bond acceptors (Lipinski definition) is 2. The molecule has 2 aromatic carbocycles. The van der Waals surface area contributed by atoms with E-state index < -0.39 is 17.2 Å². The number of hydrogen-bond donors (Lipinski definition) is 1. The number of imidazole rings is 1. The summed E-state index contributed by atoms with van der Waals surface area (Å²) in [6, 6.07) is 9.36. The summed E-state index contributed by atoms with van der Waals surface area (Å²) in [4.78, 5) is 19.1. The Balaban J connectivity index is 1.98. The molecule has 1 N–H and O–H groups in total. The Bertz CT molecular complexity index is 1240. The fourth-order valence-electron chi connectivity index (χ4n) is 3.36. The van der Waals surface area contributed by atoms with Gasteiger partial charge >= 0.3 is 0 Å². The molecule has 0 bridgehead atoms. The molecule has 7 heteroatoms. The summed E-state index contributed by atoms with van der Waals surface area (Å²) in [5.41, 5.74) is 1.56. The lowest BCUT2D eigenvalue weighted by Gasteiger charge is -2.13. The second-order valence-electron chi connectivity index (χ2n) is 6.79. The molecule has 4 nitrogen and oxygen atoms in total. The van der Waals surface area contributed by atoms with Gasteiger partial charge in [-0.05, 0) is 35.9 Å². The summed E-state index contributed by atoms with van der Waals surface area (Å²) in [7, 11) is 0. The first kappa shape index (κ1) is 17.7. The molecule has 4 aromatic rings. The summed E-state index contributed by atoms with van der Waals surface area (Å²) in [6.45, 7) is 4.32. The van der Waals surface area contributed by atoms with Crippen molar-refractivity contribution in [2.24, 2.45) is 0 Å². The van der Waals surface area contributed by atoms with Gasteiger partial charge in [0.1, 0.15) is 5.82 Å². The Kier molecular flexibility index (Phi) is 4.23. The van der Waals surface area contributed by atoms with Gasteiger partial charge in [0, 0.05) is 22.4 Å². The van der Waals surface area contributed by atoms with Gasteiger partial charge in [-0.2, -0.15) is 0 Å². The van der Waals surface area contributed by atoms with E-state index in [0.717, 1.165) is 22.9 Å². The van der Waals surface area contributed by atoms with E-state index in [1.54, 1.807) is 6.07 Å². The average Bonchev–Trinajstić information content (AvgIpc) is 2.96. The first-order valence-corrected chi connectivity index (χ1v) is 8.88. The quantitative estimate of drug-likeness (QED) is 0.539. The molecule has 0 saturated carbocycles. The SMILES string of the molecule is CC(C)c1nc2ccc(Cl)cc2n1Cc1cc(=O)[nH]c2c(F)c(F)ccc12. The first-order valence-electron chi connectivity index (χ1n) is 8.50. The third kappa shape index (κ3) is 3.00. The van der Waals surface area contributed by atoms with E-state index in [1.807, 2.05) is 30.5 Å². The number of nitrogens with one attached hydrogen (secondary N) is 1. The summed E-state index contributed by atoms with van der Waals surface area (Å²) >= 11 is 6.15. The van der Waals surface area contributed by atoms with Crippen LogP contribution in [0.25, 0.3) is 21.9 Å². The third-order valence-electron chi connectivity index (χ3n) is 4.58. The number of fused-ring (bicyclic) bond motifs is 2. The molecular weight excluding hydrogens is 372 g/mol. The van der Waals surface area contributed by atoms with Crippen LogP contribution in [0.4, 0.5) is 8.78 Å². The van der Waals surface area contributed by atoms with Crippen molar-refractivity contribution >= 4 is 33.5 Å². The molecule has 0 aliphatic carbocycles. The van der Waals surface area contributed by atoms with Crippen molar-refractivity contribution in [2.75, 3.05) is 0 Å². The van der Waals surface area contributed by atoms with Gasteiger partial charge in [0.25, 0.3) is 0 Å². The summed E-state index contributed by atoms with van der Waals surface area (Å²) < 4.78 is 29.7. The molecule has 0 saturated heterocycles. The van der Waals surface area contributed by atoms with Crippen LogP contribution in [-0.2, 0) is 6.54 Å². The van der Waals surface area contributed by atoms with E-state index in [0.29, 0.717) is 16.0 Å². The zero-order chi connectivity index (χ0) is 19.3. The molecular formula is C20H16ClF2N3O. The Morgan fingerprint density at radius 2 is 1.96 bits per heavy atom. The van der Waals surface area contributed by atoms with Crippen molar-refractivity contribution in [3.05, 3.63) is 74.8 Å². The smallest absolute Gasteiger partial charge is 0.248 e. The van der Waals surface area contributed by atoms with Crippen LogP contribution in [-0.4, -0.2) is 14.5 Å². The second kappa shape index (κ2) is 6.46. The Morgan fingerprint density at radius 3 is 2.70 bits per heavy atom. The second-order valence-corrected chi connectivity index (χ2v) is 7.22. The molecule has 4 rings (SSSR count). The van der Waals surface area contributed by atoms with Crippen LogP contribution in [0.5, 0.6) is 0 Å². The number of H-pyrrole nitrogens is 1. The number of benzene rings is 2. The number of halogens is 3. The molecule has 0 fully saturated rings. The van der Waals surface area contributed by atoms with E-state index in [9.17, 15) is 13.6 Å².